The van der Waals surface area contributed by atoms with Gasteiger partial charge >= 0.3 is 6.18 Å². The molecule has 33 heavy (non-hydrogen) atoms. The van der Waals surface area contributed by atoms with E-state index in [1.54, 1.807) is 24.3 Å². The molecule has 0 saturated heterocycles. The van der Waals surface area contributed by atoms with Crippen molar-refractivity contribution in [3.05, 3.63) is 76.9 Å². The van der Waals surface area contributed by atoms with Gasteiger partial charge < -0.3 is 20.7 Å². The predicted octanol–water partition coefficient (Wildman–Crippen LogP) is 4.39. The Morgan fingerprint density at radius 3 is 2.48 bits per heavy atom. The van der Waals surface area contributed by atoms with Crippen LogP contribution >= 0.6 is 11.6 Å². The second kappa shape index (κ2) is 8.62. The van der Waals surface area contributed by atoms with E-state index in [4.69, 9.17) is 22.1 Å². The highest BCUT2D eigenvalue weighted by Gasteiger charge is 2.36. The molecule has 1 aliphatic rings. The monoisotopic (exact) mass is 476 g/mol. The number of amides is 2. The summed E-state index contributed by atoms with van der Waals surface area (Å²) < 4.78 is 44.0. The Labute approximate surface area is 190 Å². The minimum atomic E-state index is -4.48. The van der Waals surface area contributed by atoms with Crippen molar-refractivity contribution in [3.8, 4) is 5.75 Å². The molecule has 2 amide bonds. The van der Waals surface area contributed by atoms with E-state index < -0.39 is 29.6 Å². The first-order chi connectivity index (χ1) is 15.7. The Balaban J connectivity index is 1.70. The number of carbonyl (C=O) groups excluding carboxylic acids is 2. The zero-order valence-corrected chi connectivity index (χ0v) is 17.5. The standard InChI is InChI=1S/C22H16ClF3N4O3/c23-15-4-2-10-28-20(15)30-16-5-1-3-14(18(16)33-11-17(30)19(27)31)21(32)29-13-8-6-12(7-9-13)22(24,25)26/h1-10,17H,11H2,(H2,27,31)(H,29,32)/t17-/m1/s1. The number of pyridine rings is 1. The number of ether oxygens (including phenoxy) is 1. The molecule has 0 spiro atoms. The van der Waals surface area contributed by atoms with Crippen LogP contribution in [0.2, 0.25) is 5.02 Å². The number of para-hydroxylation sites is 1. The number of primary amides is 1. The van der Waals surface area contributed by atoms with E-state index in [9.17, 15) is 22.8 Å². The number of nitrogens with zero attached hydrogens (tertiary/aromatic N) is 2. The summed E-state index contributed by atoms with van der Waals surface area (Å²) in [5.41, 5.74) is 5.33. The van der Waals surface area contributed by atoms with E-state index in [0.717, 1.165) is 24.3 Å². The van der Waals surface area contributed by atoms with Crippen molar-refractivity contribution in [1.82, 2.24) is 4.98 Å². The topological polar surface area (TPSA) is 97.6 Å². The third kappa shape index (κ3) is 4.42. The lowest BCUT2D eigenvalue weighted by atomic mass is 10.1. The number of hydrogen-bond donors (Lipinski definition) is 2. The summed E-state index contributed by atoms with van der Waals surface area (Å²) in [6, 6.07) is 11.0. The Morgan fingerprint density at radius 1 is 1.12 bits per heavy atom. The maximum absolute atomic E-state index is 12.9. The first kappa shape index (κ1) is 22.4. The fraction of sp³-hybridized carbons (Fsp3) is 0.136. The van der Waals surface area contributed by atoms with E-state index >= 15 is 0 Å². The molecule has 0 saturated carbocycles. The van der Waals surface area contributed by atoms with Crippen LogP contribution in [0.15, 0.2) is 60.8 Å². The lowest BCUT2D eigenvalue weighted by molar-refractivity contribution is -0.137. The van der Waals surface area contributed by atoms with Gasteiger partial charge in [0.15, 0.2) is 11.6 Å². The van der Waals surface area contributed by atoms with Crippen LogP contribution in [-0.2, 0) is 11.0 Å². The minimum Gasteiger partial charge on any atom is -0.488 e. The molecule has 4 rings (SSSR count). The average Bonchev–Trinajstić information content (AvgIpc) is 2.78. The van der Waals surface area contributed by atoms with Crippen molar-refractivity contribution in [3.63, 3.8) is 0 Å². The summed E-state index contributed by atoms with van der Waals surface area (Å²) in [4.78, 5) is 30.8. The third-order valence-electron chi connectivity index (χ3n) is 4.96. The first-order valence-corrected chi connectivity index (χ1v) is 9.98. The predicted molar refractivity (Wildman–Crippen MR) is 116 cm³/mol. The van der Waals surface area contributed by atoms with Gasteiger partial charge in [-0.3, -0.25) is 9.59 Å². The largest absolute Gasteiger partial charge is 0.488 e. The number of carbonyl (C=O) groups is 2. The SMILES string of the molecule is NC(=O)[C@H]1COc2c(C(=O)Nc3ccc(C(F)(F)F)cc3)cccc2N1c1ncccc1Cl. The van der Waals surface area contributed by atoms with Crippen molar-refractivity contribution in [2.24, 2.45) is 5.73 Å². The number of alkyl halides is 3. The number of fused-ring (bicyclic) bond motifs is 1. The molecule has 0 radical (unpaired) electrons. The molecule has 1 aromatic heterocycles. The smallest absolute Gasteiger partial charge is 0.416 e. The number of hydrogen-bond acceptors (Lipinski definition) is 5. The van der Waals surface area contributed by atoms with E-state index in [1.807, 2.05) is 0 Å². The van der Waals surface area contributed by atoms with Crippen molar-refractivity contribution >= 4 is 40.6 Å². The lowest BCUT2D eigenvalue weighted by Gasteiger charge is -2.37. The van der Waals surface area contributed by atoms with Gasteiger partial charge in [0.25, 0.3) is 5.91 Å². The van der Waals surface area contributed by atoms with Crippen LogP contribution in [0.25, 0.3) is 0 Å². The Morgan fingerprint density at radius 2 is 1.85 bits per heavy atom. The molecule has 1 atom stereocenters. The van der Waals surface area contributed by atoms with Gasteiger partial charge in [-0.05, 0) is 48.5 Å². The molecular formula is C22H16ClF3N4O3. The number of nitrogens with one attached hydrogen (secondary N) is 1. The van der Waals surface area contributed by atoms with Gasteiger partial charge in [-0.1, -0.05) is 17.7 Å². The van der Waals surface area contributed by atoms with Gasteiger partial charge in [-0.25, -0.2) is 4.98 Å². The maximum Gasteiger partial charge on any atom is 0.416 e. The zero-order chi connectivity index (χ0) is 23.8. The molecule has 170 valence electrons. The molecule has 0 unspecified atom stereocenters. The summed E-state index contributed by atoms with van der Waals surface area (Å²) in [7, 11) is 0. The van der Waals surface area contributed by atoms with Gasteiger partial charge in [0.05, 0.1) is 21.8 Å². The van der Waals surface area contributed by atoms with E-state index in [-0.39, 0.29) is 34.4 Å². The molecule has 0 fully saturated rings. The van der Waals surface area contributed by atoms with Gasteiger partial charge in [-0.15, -0.1) is 0 Å². The summed E-state index contributed by atoms with van der Waals surface area (Å²) >= 11 is 6.29. The van der Waals surface area contributed by atoms with Crippen molar-refractivity contribution < 1.29 is 27.5 Å². The molecule has 1 aliphatic heterocycles. The fourth-order valence-electron chi connectivity index (χ4n) is 3.42. The van der Waals surface area contributed by atoms with Gasteiger partial charge in [0.1, 0.15) is 12.6 Å². The fourth-order valence-corrected chi connectivity index (χ4v) is 3.63. The third-order valence-corrected chi connectivity index (χ3v) is 5.26. The van der Waals surface area contributed by atoms with E-state index in [0.29, 0.717) is 5.69 Å². The molecule has 3 aromatic rings. The van der Waals surface area contributed by atoms with Crippen molar-refractivity contribution in [1.29, 1.82) is 0 Å². The Kier molecular flexibility index (Phi) is 5.86. The van der Waals surface area contributed by atoms with Crippen LogP contribution in [-0.4, -0.2) is 29.4 Å². The normalized spacial score (nSPS) is 15.4. The first-order valence-electron chi connectivity index (χ1n) is 9.60. The van der Waals surface area contributed by atoms with Gasteiger partial charge in [-0.2, -0.15) is 13.2 Å². The number of anilines is 3. The molecule has 2 heterocycles. The summed E-state index contributed by atoms with van der Waals surface area (Å²) in [5.74, 6) is -0.882. The number of nitrogens with two attached hydrogens (primary N) is 1. The van der Waals surface area contributed by atoms with Crippen LogP contribution < -0.4 is 20.7 Å². The Hall–Kier alpha value is -3.79. The van der Waals surface area contributed by atoms with Crippen LogP contribution in [0.1, 0.15) is 15.9 Å². The van der Waals surface area contributed by atoms with E-state index in [2.05, 4.69) is 10.3 Å². The van der Waals surface area contributed by atoms with Gasteiger partial charge in [0, 0.05) is 11.9 Å². The van der Waals surface area contributed by atoms with Crippen LogP contribution in [0.5, 0.6) is 5.75 Å². The highest BCUT2D eigenvalue weighted by Crippen LogP contribution is 2.42. The lowest BCUT2D eigenvalue weighted by Crippen LogP contribution is -2.49. The second-order valence-electron chi connectivity index (χ2n) is 7.09. The summed E-state index contributed by atoms with van der Waals surface area (Å²) in [5, 5.41) is 2.81. The number of aromatic nitrogens is 1. The van der Waals surface area contributed by atoms with Crippen LogP contribution in [0.3, 0.4) is 0 Å². The highest BCUT2D eigenvalue weighted by atomic mass is 35.5. The summed E-state index contributed by atoms with van der Waals surface area (Å²) in [6.45, 7) is -0.167. The summed E-state index contributed by atoms with van der Waals surface area (Å²) in [6.07, 6.45) is -2.99. The Bertz CT molecular complexity index is 1220. The molecule has 0 aliphatic carbocycles. The zero-order valence-electron chi connectivity index (χ0n) is 16.8. The number of rotatable bonds is 4. The van der Waals surface area contributed by atoms with E-state index in [1.165, 1.54) is 17.2 Å². The average molecular weight is 477 g/mol. The quantitative estimate of drug-likeness (QED) is 0.582. The second-order valence-corrected chi connectivity index (χ2v) is 7.50. The number of benzene rings is 2. The minimum absolute atomic E-state index is 0.104. The number of halogens is 4. The molecule has 7 nitrogen and oxygen atoms in total. The molecule has 3 N–H and O–H groups in total. The van der Waals surface area contributed by atoms with Crippen molar-refractivity contribution in [2.45, 2.75) is 12.2 Å². The van der Waals surface area contributed by atoms with Crippen LogP contribution in [0.4, 0.5) is 30.4 Å². The molecular weight excluding hydrogens is 461 g/mol. The molecule has 2 aromatic carbocycles. The van der Waals surface area contributed by atoms with Crippen molar-refractivity contribution in [2.75, 3.05) is 16.8 Å². The molecule has 11 heteroatoms. The maximum atomic E-state index is 12.9. The molecule has 0 bridgehead atoms. The van der Waals surface area contributed by atoms with Gasteiger partial charge in [0.2, 0.25) is 5.91 Å². The highest BCUT2D eigenvalue weighted by molar-refractivity contribution is 6.33. The van der Waals surface area contributed by atoms with Crippen LogP contribution in [0, 0.1) is 0 Å².